The van der Waals surface area contributed by atoms with Gasteiger partial charge in [0.1, 0.15) is 0 Å². The van der Waals surface area contributed by atoms with Crippen LogP contribution in [0.4, 0.5) is 0 Å². The molecule has 9 heavy (non-hydrogen) atoms. The van der Waals surface area contributed by atoms with E-state index in [0.29, 0.717) is 12.5 Å². The molecule has 1 N–H and O–H groups in total. The predicted octanol–water partition coefficient (Wildman–Crippen LogP) is 2.06. The molecule has 0 radical (unpaired) electrons. The summed E-state index contributed by atoms with van der Waals surface area (Å²) in [6.45, 7) is 0.313. The van der Waals surface area contributed by atoms with Crippen LogP contribution in [0, 0.1) is 5.92 Å². The molecule has 0 unspecified atom stereocenters. The standard InChI is InChI=1S/C7H11BrO/c8-7-3-1-2-6(7)4-5-9/h3,6,9H,1-2,4-5H2/t6-/m0/s1. The maximum absolute atomic E-state index is 8.60. The van der Waals surface area contributed by atoms with E-state index in [1.165, 1.54) is 17.3 Å². The Morgan fingerprint density at radius 2 is 2.56 bits per heavy atom. The third kappa shape index (κ3) is 1.80. The first kappa shape index (κ1) is 7.29. The molecule has 0 aromatic heterocycles. The number of allylic oxidation sites excluding steroid dienone is 2. The van der Waals surface area contributed by atoms with Crippen molar-refractivity contribution < 1.29 is 5.11 Å². The number of aliphatic hydroxyl groups excluding tert-OH is 1. The van der Waals surface area contributed by atoms with Crippen LogP contribution < -0.4 is 0 Å². The molecule has 0 fully saturated rings. The molecule has 52 valence electrons. The number of aliphatic hydroxyl groups is 1. The van der Waals surface area contributed by atoms with Gasteiger partial charge in [-0.2, -0.15) is 0 Å². The highest BCUT2D eigenvalue weighted by Gasteiger charge is 2.15. The Balaban J connectivity index is 2.34. The number of rotatable bonds is 2. The van der Waals surface area contributed by atoms with Crippen LogP contribution >= 0.6 is 15.9 Å². The Hall–Kier alpha value is 0.180. The third-order valence-corrected chi connectivity index (χ3v) is 2.69. The van der Waals surface area contributed by atoms with Gasteiger partial charge in [-0.3, -0.25) is 0 Å². The summed E-state index contributed by atoms with van der Waals surface area (Å²) in [6.07, 6.45) is 5.49. The average molecular weight is 191 g/mol. The maximum atomic E-state index is 8.60. The monoisotopic (exact) mass is 190 g/mol. The van der Waals surface area contributed by atoms with Crippen molar-refractivity contribution in [3.05, 3.63) is 10.6 Å². The fourth-order valence-electron chi connectivity index (χ4n) is 1.17. The second kappa shape index (κ2) is 3.37. The average Bonchev–Trinajstić information content (AvgIpc) is 2.18. The van der Waals surface area contributed by atoms with Crippen molar-refractivity contribution in [3.63, 3.8) is 0 Å². The lowest BCUT2D eigenvalue weighted by molar-refractivity contribution is 0.268. The topological polar surface area (TPSA) is 20.2 Å². The molecule has 1 aliphatic rings. The van der Waals surface area contributed by atoms with Crippen LogP contribution in [0.5, 0.6) is 0 Å². The van der Waals surface area contributed by atoms with Crippen molar-refractivity contribution in [1.29, 1.82) is 0 Å². The van der Waals surface area contributed by atoms with Crippen molar-refractivity contribution in [1.82, 2.24) is 0 Å². The molecule has 0 saturated heterocycles. The van der Waals surface area contributed by atoms with Gasteiger partial charge in [-0.15, -0.1) is 0 Å². The molecule has 0 spiro atoms. The van der Waals surface area contributed by atoms with Crippen molar-refractivity contribution in [2.24, 2.45) is 5.92 Å². The number of halogens is 1. The zero-order valence-corrected chi connectivity index (χ0v) is 6.89. The molecule has 0 aromatic carbocycles. The Morgan fingerprint density at radius 3 is 3.00 bits per heavy atom. The van der Waals surface area contributed by atoms with Gasteiger partial charge in [0.2, 0.25) is 0 Å². The Morgan fingerprint density at radius 1 is 1.78 bits per heavy atom. The highest BCUT2D eigenvalue weighted by atomic mass is 79.9. The molecule has 1 nitrogen and oxygen atoms in total. The Labute approximate surface area is 63.9 Å². The van der Waals surface area contributed by atoms with E-state index in [4.69, 9.17) is 5.11 Å². The highest BCUT2D eigenvalue weighted by Crippen LogP contribution is 2.32. The molecular formula is C7H11BrO. The minimum atomic E-state index is 0.313. The summed E-state index contributed by atoms with van der Waals surface area (Å²) in [5, 5.41) is 8.60. The number of hydrogen-bond acceptors (Lipinski definition) is 1. The molecule has 1 aliphatic carbocycles. The summed E-state index contributed by atoms with van der Waals surface area (Å²) in [7, 11) is 0. The van der Waals surface area contributed by atoms with Gasteiger partial charge in [0, 0.05) is 6.61 Å². The lowest BCUT2D eigenvalue weighted by Crippen LogP contribution is -1.97. The van der Waals surface area contributed by atoms with E-state index in [-0.39, 0.29) is 0 Å². The molecule has 0 saturated carbocycles. The quantitative estimate of drug-likeness (QED) is 0.708. The molecule has 0 heterocycles. The SMILES string of the molecule is OCC[C@@H]1CCC=C1Br. The first-order chi connectivity index (χ1) is 4.34. The van der Waals surface area contributed by atoms with Crippen molar-refractivity contribution in [3.8, 4) is 0 Å². The molecule has 0 bridgehead atoms. The van der Waals surface area contributed by atoms with E-state index in [0.717, 1.165) is 6.42 Å². The van der Waals surface area contributed by atoms with Crippen LogP contribution in [0.15, 0.2) is 10.6 Å². The minimum Gasteiger partial charge on any atom is -0.396 e. The van der Waals surface area contributed by atoms with Gasteiger partial charge in [-0.25, -0.2) is 0 Å². The normalized spacial score (nSPS) is 26.4. The van der Waals surface area contributed by atoms with Crippen LogP contribution in [-0.2, 0) is 0 Å². The lowest BCUT2D eigenvalue weighted by atomic mass is 10.1. The lowest BCUT2D eigenvalue weighted by Gasteiger charge is -2.06. The summed E-state index contributed by atoms with van der Waals surface area (Å²) in [4.78, 5) is 0. The summed E-state index contributed by atoms with van der Waals surface area (Å²) in [5.41, 5.74) is 0. The van der Waals surface area contributed by atoms with E-state index in [1.807, 2.05) is 0 Å². The van der Waals surface area contributed by atoms with Crippen LogP contribution in [0.2, 0.25) is 0 Å². The third-order valence-electron chi connectivity index (χ3n) is 1.72. The van der Waals surface area contributed by atoms with Gasteiger partial charge in [0.15, 0.2) is 0 Å². The summed E-state index contributed by atoms with van der Waals surface area (Å²) < 4.78 is 1.29. The van der Waals surface area contributed by atoms with Crippen LogP contribution in [-0.4, -0.2) is 11.7 Å². The first-order valence-electron chi connectivity index (χ1n) is 3.31. The van der Waals surface area contributed by atoms with Crippen molar-refractivity contribution in [2.75, 3.05) is 6.61 Å². The summed E-state index contributed by atoms with van der Waals surface area (Å²) in [6, 6.07) is 0. The molecule has 2 heteroatoms. The minimum absolute atomic E-state index is 0.313. The molecule has 0 aliphatic heterocycles. The Bertz CT molecular complexity index is 120. The second-order valence-corrected chi connectivity index (χ2v) is 3.29. The van der Waals surface area contributed by atoms with Gasteiger partial charge < -0.3 is 5.11 Å². The summed E-state index contributed by atoms with van der Waals surface area (Å²) in [5.74, 6) is 0.606. The zero-order valence-electron chi connectivity index (χ0n) is 5.31. The largest absolute Gasteiger partial charge is 0.396 e. The molecule has 0 aromatic rings. The highest BCUT2D eigenvalue weighted by molar-refractivity contribution is 9.11. The number of hydrogen-bond donors (Lipinski definition) is 1. The van der Waals surface area contributed by atoms with Gasteiger partial charge in [0.05, 0.1) is 0 Å². The van der Waals surface area contributed by atoms with Crippen LogP contribution in [0.25, 0.3) is 0 Å². The maximum Gasteiger partial charge on any atom is 0.0437 e. The Kier molecular flexibility index (Phi) is 2.73. The van der Waals surface area contributed by atoms with Crippen LogP contribution in [0.1, 0.15) is 19.3 Å². The molecular weight excluding hydrogens is 180 g/mol. The fraction of sp³-hybridized carbons (Fsp3) is 0.714. The van der Waals surface area contributed by atoms with Gasteiger partial charge in [0.25, 0.3) is 0 Å². The van der Waals surface area contributed by atoms with Gasteiger partial charge >= 0.3 is 0 Å². The van der Waals surface area contributed by atoms with Gasteiger partial charge in [-0.1, -0.05) is 22.0 Å². The van der Waals surface area contributed by atoms with E-state index < -0.39 is 0 Å². The first-order valence-corrected chi connectivity index (χ1v) is 4.10. The second-order valence-electron chi connectivity index (χ2n) is 2.38. The van der Waals surface area contributed by atoms with Crippen LogP contribution in [0.3, 0.4) is 0 Å². The molecule has 1 atom stereocenters. The van der Waals surface area contributed by atoms with Crippen molar-refractivity contribution in [2.45, 2.75) is 19.3 Å². The van der Waals surface area contributed by atoms with E-state index in [9.17, 15) is 0 Å². The molecule has 0 amide bonds. The smallest absolute Gasteiger partial charge is 0.0437 e. The van der Waals surface area contributed by atoms with Gasteiger partial charge in [-0.05, 0) is 29.7 Å². The van der Waals surface area contributed by atoms with E-state index >= 15 is 0 Å². The zero-order chi connectivity index (χ0) is 6.69. The predicted molar refractivity (Wildman–Crippen MR) is 41.4 cm³/mol. The van der Waals surface area contributed by atoms with Crippen molar-refractivity contribution >= 4 is 15.9 Å². The van der Waals surface area contributed by atoms with E-state index in [2.05, 4.69) is 22.0 Å². The molecule has 1 rings (SSSR count). The summed E-state index contributed by atoms with van der Waals surface area (Å²) >= 11 is 3.46. The fourth-order valence-corrected chi connectivity index (χ4v) is 1.85. The van der Waals surface area contributed by atoms with E-state index in [1.54, 1.807) is 0 Å².